The van der Waals surface area contributed by atoms with Gasteiger partial charge in [0.05, 0.1) is 17.2 Å². The highest BCUT2D eigenvalue weighted by atomic mass is 19.1. The van der Waals surface area contributed by atoms with Crippen molar-refractivity contribution in [2.75, 3.05) is 5.32 Å². The van der Waals surface area contributed by atoms with E-state index >= 15 is 0 Å². The van der Waals surface area contributed by atoms with Gasteiger partial charge in [-0.1, -0.05) is 5.92 Å². The van der Waals surface area contributed by atoms with Crippen LogP contribution in [-0.2, 0) is 11.8 Å². The molecule has 3 rings (SSSR count). The van der Waals surface area contributed by atoms with Crippen LogP contribution in [0.3, 0.4) is 0 Å². The molecule has 0 saturated heterocycles. The Kier molecular flexibility index (Phi) is 5.94. The number of hydrogen-bond acceptors (Lipinski definition) is 4. The molecule has 1 aliphatic carbocycles. The van der Waals surface area contributed by atoms with Crippen molar-refractivity contribution in [1.82, 2.24) is 9.88 Å². The van der Waals surface area contributed by atoms with E-state index in [0.29, 0.717) is 11.3 Å². The molecule has 0 spiro atoms. The number of aromatic nitrogens is 1. The molecule has 31 heavy (non-hydrogen) atoms. The maximum Gasteiger partial charge on any atom is 0.293 e. The van der Waals surface area contributed by atoms with Crippen molar-refractivity contribution in [2.24, 2.45) is 13.0 Å². The Bertz CT molecular complexity index is 1180. The van der Waals surface area contributed by atoms with Gasteiger partial charge in [0, 0.05) is 18.4 Å². The van der Waals surface area contributed by atoms with E-state index in [1.54, 1.807) is 27.0 Å². The number of anilines is 1. The van der Waals surface area contributed by atoms with Crippen molar-refractivity contribution in [1.29, 1.82) is 5.26 Å². The van der Waals surface area contributed by atoms with E-state index in [1.807, 2.05) is 0 Å². The lowest BCUT2D eigenvalue weighted by atomic mass is 10.0. The van der Waals surface area contributed by atoms with Gasteiger partial charge in [0.15, 0.2) is 0 Å². The van der Waals surface area contributed by atoms with Crippen molar-refractivity contribution >= 4 is 23.3 Å². The zero-order chi connectivity index (χ0) is 22.9. The molecule has 2 aromatic rings. The molecule has 1 fully saturated rings. The van der Waals surface area contributed by atoms with E-state index < -0.39 is 29.5 Å². The summed E-state index contributed by atoms with van der Waals surface area (Å²) in [4.78, 5) is 38.2. The fourth-order valence-electron chi connectivity index (χ4n) is 3.56. The summed E-state index contributed by atoms with van der Waals surface area (Å²) < 4.78 is 15.0. The molecule has 1 aromatic heterocycles. The number of ketones is 1. The van der Waals surface area contributed by atoms with Gasteiger partial charge in [-0.2, -0.15) is 5.26 Å². The van der Waals surface area contributed by atoms with Gasteiger partial charge in [-0.3, -0.25) is 14.4 Å². The van der Waals surface area contributed by atoms with Gasteiger partial charge in [0.1, 0.15) is 17.6 Å². The number of benzene rings is 1. The van der Waals surface area contributed by atoms with Crippen molar-refractivity contribution in [3.05, 3.63) is 52.1 Å². The van der Waals surface area contributed by atoms with Gasteiger partial charge in [-0.05, 0) is 56.4 Å². The number of nitriles is 1. The van der Waals surface area contributed by atoms with Gasteiger partial charge >= 0.3 is 0 Å². The lowest BCUT2D eigenvalue weighted by Crippen LogP contribution is -2.40. The van der Waals surface area contributed by atoms with Crippen LogP contribution in [0.1, 0.15) is 50.5 Å². The van der Waals surface area contributed by atoms with E-state index in [2.05, 4.69) is 16.6 Å². The van der Waals surface area contributed by atoms with Crippen molar-refractivity contribution in [3.8, 4) is 18.4 Å². The molecule has 158 valence electrons. The number of carbonyl (C=O) groups excluding carboxylic acids is 3. The number of terminal acetylenes is 1. The second-order valence-electron chi connectivity index (χ2n) is 7.54. The molecule has 1 aliphatic rings. The maximum absolute atomic E-state index is 13.5. The molecule has 1 heterocycles. The highest BCUT2D eigenvalue weighted by Crippen LogP contribution is 2.32. The molecule has 0 bridgehead atoms. The van der Waals surface area contributed by atoms with Crippen LogP contribution in [0.15, 0.2) is 18.2 Å². The molecular weight excluding hydrogens is 399 g/mol. The van der Waals surface area contributed by atoms with Crippen LogP contribution in [0, 0.1) is 49.3 Å². The van der Waals surface area contributed by atoms with Gasteiger partial charge in [-0.15, -0.1) is 6.42 Å². The molecule has 1 saturated carbocycles. The average Bonchev–Trinajstić information content (AvgIpc) is 3.55. The molecule has 0 radical (unpaired) electrons. The number of nitrogens with one attached hydrogen (secondary N) is 2. The van der Waals surface area contributed by atoms with Crippen molar-refractivity contribution < 1.29 is 18.8 Å². The summed E-state index contributed by atoms with van der Waals surface area (Å²) in [6.07, 6.45) is 7.28. The molecule has 7 nitrogen and oxygen atoms in total. The second kappa shape index (κ2) is 8.45. The normalized spacial score (nSPS) is 13.6. The molecule has 0 unspecified atom stereocenters. The molecular formula is C23H21FN4O3. The highest BCUT2D eigenvalue weighted by Gasteiger charge is 2.34. The Morgan fingerprint density at radius 2 is 1.97 bits per heavy atom. The summed E-state index contributed by atoms with van der Waals surface area (Å²) in [5.74, 6) is -0.132. The first-order valence-electron chi connectivity index (χ1n) is 9.67. The Morgan fingerprint density at radius 3 is 2.55 bits per heavy atom. The van der Waals surface area contributed by atoms with Crippen LogP contribution in [-0.4, -0.2) is 28.2 Å². The number of rotatable bonds is 6. The third-order valence-electron chi connectivity index (χ3n) is 5.48. The topological polar surface area (TPSA) is 104 Å². The number of nitrogens with zero attached hydrogens (tertiary/aromatic N) is 2. The quantitative estimate of drug-likeness (QED) is 0.426. The zero-order valence-corrected chi connectivity index (χ0v) is 17.4. The summed E-state index contributed by atoms with van der Waals surface area (Å²) in [6, 6.07) is 4.85. The SMILES string of the molecule is C#C[C@@H](NC(=O)C(=O)c1c(C)c(C(=O)Nc2ccc(F)c(C#N)c2)n(C)c1C)C1CC1. The number of halogens is 1. The minimum Gasteiger partial charge on any atom is -0.343 e. The average molecular weight is 420 g/mol. The van der Waals surface area contributed by atoms with E-state index in [-0.39, 0.29) is 28.4 Å². The summed E-state index contributed by atoms with van der Waals surface area (Å²) >= 11 is 0. The van der Waals surface area contributed by atoms with Crippen LogP contribution < -0.4 is 10.6 Å². The number of amides is 2. The van der Waals surface area contributed by atoms with Crippen LogP contribution in [0.2, 0.25) is 0 Å². The summed E-state index contributed by atoms with van der Waals surface area (Å²) in [7, 11) is 1.60. The van der Waals surface area contributed by atoms with Gasteiger partial charge in [0.2, 0.25) is 0 Å². The Labute approximate surface area is 179 Å². The van der Waals surface area contributed by atoms with Crippen LogP contribution in [0.4, 0.5) is 10.1 Å². The summed E-state index contributed by atoms with van der Waals surface area (Å²) in [5.41, 5.74) is 1.12. The first-order valence-corrected chi connectivity index (χ1v) is 9.67. The zero-order valence-electron chi connectivity index (χ0n) is 17.4. The first-order chi connectivity index (χ1) is 14.7. The van der Waals surface area contributed by atoms with Gasteiger partial charge in [-0.25, -0.2) is 4.39 Å². The minimum atomic E-state index is -0.809. The van der Waals surface area contributed by atoms with Gasteiger partial charge < -0.3 is 15.2 Å². The Hall–Kier alpha value is -3.91. The van der Waals surface area contributed by atoms with Crippen molar-refractivity contribution in [2.45, 2.75) is 32.7 Å². The molecule has 1 atom stereocenters. The molecule has 2 N–H and O–H groups in total. The highest BCUT2D eigenvalue weighted by molar-refractivity contribution is 6.43. The van der Waals surface area contributed by atoms with Crippen LogP contribution in [0.5, 0.6) is 0 Å². The van der Waals surface area contributed by atoms with Crippen LogP contribution in [0.25, 0.3) is 0 Å². The van der Waals surface area contributed by atoms with E-state index in [1.165, 1.54) is 16.7 Å². The van der Waals surface area contributed by atoms with Crippen molar-refractivity contribution in [3.63, 3.8) is 0 Å². The second-order valence-corrected chi connectivity index (χ2v) is 7.54. The first kappa shape index (κ1) is 21.8. The fraction of sp³-hybridized carbons (Fsp3) is 0.304. The number of Topliss-reactive ketones (excluding diaryl/α,β-unsaturated/α-hetero) is 1. The third-order valence-corrected chi connectivity index (χ3v) is 5.48. The fourth-order valence-corrected chi connectivity index (χ4v) is 3.56. The minimum absolute atomic E-state index is 0.133. The predicted octanol–water partition coefficient (Wildman–Crippen LogP) is 2.62. The lowest BCUT2D eigenvalue weighted by molar-refractivity contribution is -0.117. The molecule has 2 amide bonds. The van der Waals surface area contributed by atoms with E-state index in [0.717, 1.165) is 18.9 Å². The molecule has 0 aliphatic heterocycles. The summed E-state index contributed by atoms with van der Waals surface area (Å²) in [6.45, 7) is 3.21. The molecule has 1 aromatic carbocycles. The number of hydrogen-bond donors (Lipinski definition) is 2. The Balaban J connectivity index is 1.86. The molecule has 8 heteroatoms. The largest absolute Gasteiger partial charge is 0.343 e. The lowest BCUT2D eigenvalue weighted by Gasteiger charge is -2.11. The Morgan fingerprint density at radius 1 is 1.29 bits per heavy atom. The smallest absolute Gasteiger partial charge is 0.293 e. The predicted molar refractivity (Wildman–Crippen MR) is 112 cm³/mol. The van der Waals surface area contributed by atoms with E-state index in [9.17, 15) is 18.8 Å². The third kappa shape index (κ3) is 4.19. The summed E-state index contributed by atoms with van der Waals surface area (Å²) in [5, 5.41) is 14.2. The van der Waals surface area contributed by atoms with E-state index in [4.69, 9.17) is 11.7 Å². The van der Waals surface area contributed by atoms with Gasteiger partial charge in [0.25, 0.3) is 17.6 Å². The van der Waals surface area contributed by atoms with Crippen LogP contribution >= 0.6 is 0 Å². The number of carbonyl (C=O) groups is 3. The maximum atomic E-state index is 13.5. The monoisotopic (exact) mass is 420 g/mol. The standard InChI is InChI=1S/C23H21FN4O3/c1-5-18(14-6-7-14)27-23(31)21(29)19-12(2)20(28(4)13(19)3)22(30)26-16-8-9-17(24)15(10-16)11-25/h1,8-10,14,18H,6-7H2,2-4H3,(H,26,30)(H,27,31)/t18-/m1/s1.